The molecule has 1 atom stereocenters. The molecule has 0 radical (unpaired) electrons. The van der Waals surface area contributed by atoms with E-state index < -0.39 is 6.10 Å². The van der Waals surface area contributed by atoms with Gasteiger partial charge in [0.15, 0.2) is 0 Å². The SMILES string of the molecule is CCCCCCCCCCCCNC(=O)CC(C)O. The van der Waals surface area contributed by atoms with Crippen LogP contribution in [0.4, 0.5) is 0 Å². The fourth-order valence-electron chi connectivity index (χ4n) is 2.18. The van der Waals surface area contributed by atoms with Crippen LogP contribution >= 0.6 is 0 Å². The standard InChI is InChI=1S/C16H33NO2/c1-3-4-5-6-7-8-9-10-11-12-13-17-16(19)14-15(2)18/h15,18H,3-14H2,1-2H3,(H,17,19). The molecule has 3 nitrogen and oxygen atoms in total. The van der Waals surface area contributed by atoms with Crippen molar-refractivity contribution >= 4 is 5.91 Å². The van der Waals surface area contributed by atoms with Crippen LogP contribution in [0.3, 0.4) is 0 Å². The van der Waals surface area contributed by atoms with Gasteiger partial charge in [0.25, 0.3) is 0 Å². The molecular weight excluding hydrogens is 238 g/mol. The zero-order valence-electron chi connectivity index (χ0n) is 12.9. The highest BCUT2D eigenvalue weighted by molar-refractivity contribution is 5.76. The van der Waals surface area contributed by atoms with Crippen LogP contribution < -0.4 is 5.32 Å². The Bertz CT molecular complexity index is 205. The van der Waals surface area contributed by atoms with Gasteiger partial charge in [0.1, 0.15) is 0 Å². The number of carbonyl (C=O) groups is 1. The van der Waals surface area contributed by atoms with Crippen LogP contribution in [0.5, 0.6) is 0 Å². The number of unbranched alkanes of at least 4 members (excludes halogenated alkanes) is 9. The van der Waals surface area contributed by atoms with Gasteiger partial charge in [-0.25, -0.2) is 0 Å². The minimum atomic E-state index is -0.535. The van der Waals surface area contributed by atoms with Gasteiger partial charge in [0, 0.05) is 6.54 Å². The first-order chi connectivity index (χ1) is 9.16. The molecule has 2 N–H and O–H groups in total. The highest BCUT2D eigenvalue weighted by Gasteiger charge is 2.04. The molecule has 1 amide bonds. The first kappa shape index (κ1) is 18.4. The molecule has 0 heterocycles. The molecule has 0 aliphatic rings. The maximum absolute atomic E-state index is 11.2. The van der Waals surface area contributed by atoms with Gasteiger partial charge in [0.05, 0.1) is 12.5 Å². The number of hydrogen-bond donors (Lipinski definition) is 2. The highest BCUT2D eigenvalue weighted by Crippen LogP contribution is 2.10. The van der Waals surface area contributed by atoms with Crippen LogP contribution in [0.1, 0.15) is 84.5 Å². The predicted molar refractivity (Wildman–Crippen MR) is 81.2 cm³/mol. The Hall–Kier alpha value is -0.570. The summed E-state index contributed by atoms with van der Waals surface area (Å²) in [5, 5.41) is 11.9. The van der Waals surface area contributed by atoms with E-state index in [0.717, 1.165) is 13.0 Å². The maximum atomic E-state index is 11.2. The summed E-state index contributed by atoms with van der Waals surface area (Å²) in [6.07, 6.45) is 12.8. The van der Waals surface area contributed by atoms with Crippen LogP contribution in [0.15, 0.2) is 0 Å². The predicted octanol–water partition coefficient (Wildman–Crippen LogP) is 3.79. The minimum absolute atomic E-state index is 0.0362. The molecule has 0 fully saturated rings. The molecule has 0 saturated heterocycles. The number of aliphatic hydroxyl groups excluding tert-OH is 1. The average molecular weight is 271 g/mol. The van der Waals surface area contributed by atoms with Gasteiger partial charge in [-0.15, -0.1) is 0 Å². The topological polar surface area (TPSA) is 49.3 Å². The van der Waals surface area contributed by atoms with Gasteiger partial charge < -0.3 is 10.4 Å². The Labute approximate surface area is 119 Å². The molecule has 1 unspecified atom stereocenters. The van der Waals surface area contributed by atoms with Crippen molar-refractivity contribution in [3.8, 4) is 0 Å². The van der Waals surface area contributed by atoms with Crippen molar-refractivity contribution in [2.24, 2.45) is 0 Å². The molecule has 0 aliphatic heterocycles. The number of amides is 1. The molecule has 0 aromatic rings. The summed E-state index contributed by atoms with van der Waals surface area (Å²) in [7, 11) is 0. The first-order valence-electron chi connectivity index (χ1n) is 8.11. The molecule has 114 valence electrons. The molecule has 0 bridgehead atoms. The Morgan fingerprint density at radius 3 is 1.89 bits per heavy atom. The third-order valence-electron chi connectivity index (χ3n) is 3.33. The Morgan fingerprint density at radius 2 is 1.42 bits per heavy atom. The molecule has 3 heteroatoms. The van der Waals surface area contributed by atoms with Crippen molar-refractivity contribution < 1.29 is 9.90 Å². The molecule has 0 spiro atoms. The van der Waals surface area contributed by atoms with Crippen molar-refractivity contribution in [3.63, 3.8) is 0 Å². The zero-order valence-corrected chi connectivity index (χ0v) is 12.9. The van der Waals surface area contributed by atoms with E-state index in [4.69, 9.17) is 5.11 Å². The van der Waals surface area contributed by atoms with E-state index in [2.05, 4.69) is 12.2 Å². The maximum Gasteiger partial charge on any atom is 0.222 e. The number of carbonyl (C=O) groups excluding carboxylic acids is 1. The lowest BCUT2D eigenvalue weighted by Crippen LogP contribution is -2.27. The summed E-state index contributed by atoms with van der Waals surface area (Å²) in [6, 6.07) is 0. The molecule has 0 aromatic carbocycles. The molecule has 0 aromatic heterocycles. The van der Waals surface area contributed by atoms with E-state index in [0.29, 0.717) is 0 Å². The van der Waals surface area contributed by atoms with Crippen molar-refractivity contribution in [1.29, 1.82) is 0 Å². The van der Waals surface area contributed by atoms with Crippen molar-refractivity contribution in [2.75, 3.05) is 6.54 Å². The normalized spacial score (nSPS) is 12.4. The highest BCUT2D eigenvalue weighted by atomic mass is 16.3. The van der Waals surface area contributed by atoms with Crippen molar-refractivity contribution in [1.82, 2.24) is 5.32 Å². The largest absolute Gasteiger partial charge is 0.393 e. The Balaban J connectivity index is 3.08. The van der Waals surface area contributed by atoms with Gasteiger partial charge in [-0.2, -0.15) is 0 Å². The number of rotatable bonds is 13. The summed E-state index contributed by atoms with van der Waals surface area (Å²) in [5.41, 5.74) is 0. The fourth-order valence-corrected chi connectivity index (χ4v) is 2.18. The summed E-state index contributed by atoms with van der Waals surface area (Å²) in [4.78, 5) is 11.2. The monoisotopic (exact) mass is 271 g/mol. The molecule has 0 aliphatic carbocycles. The van der Waals surface area contributed by atoms with Crippen LogP contribution in [0, 0.1) is 0 Å². The molecular formula is C16H33NO2. The Kier molecular flexibility index (Phi) is 13.4. The van der Waals surface area contributed by atoms with Crippen LogP contribution in [-0.2, 0) is 4.79 Å². The molecule has 0 rings (SSSR count). The summed E-state index contributed by atoms with van der Waals surface area (Å²) < 4.78 is 0. The molecule has 0 saturated carbocycles. The minimum Gasteiger partial charge on any atom is -0.393 e. The molecule has 19 heavy (non-hydrogen) atoms. The van der Waals surface area contributed by atoms with Gasteiger partial charge in [-0.05, 0) is 13.3 Å². The second kappa shape index (κ2) is 13.9. The third-order valence-corrected chi connectivity index (χ3v) is 3.33. The van der Waals surface area contributed by atoms with E-state index >= 15 is 0 Å². The third kappa shape index (κ3) is 15.4. The van der Waals surface area contributed by atoms with Gasteiger partial charge >= 0.3 is 0 Å². The van der Waals surface area contributed by atoms with Crippen LogP contribution in [-0.4, -0.2) is 23.7 Å². The number of nitrogens with one attached hydrogen (secondary N) is 1. The lowest BCUT2D eigenvalue weighted by atomic mass is 10.1. The van der Waals surface area contributed by atoms with Crippen LogP contribution in [0.25, 0.3) is 0 Å². The quantitative estimate of drug-likeness (QED) is 0.501. The van der Waals surface area contributed by atoms with Gasteiger partial charge in [0.2, 0.25) is 5.91 Å². The second-order valence-electron chi connectivity index (χ2n) is 5.59. The fraction of sp³-hybridized carbons (Fsp3) is 0.938. The van der Waals surface area contributed by atoms with E-state index in [1.165, 1.54) is 57.8 Å². The Morgan fingerprint density at radius 1 is 0.947 bits per heavy atom. The first-order valence-corrected chi connectivity index (χ1v) is 8.11. The van der Waals surface area contributed by atoms with Gasteiger partial charge in [-0.3, -0.25) is 4.79 Å². The average Bonchev–Trinajstić information content (AvgIpc) is 2.35. The van der Waals surface area contributed by atoms with Crippen molar-refractivity contribution in [3.05, 3.63) is 0 Å². The summed E-state index contributed by atoms with van der Waals surface area (Å²) in [5.74, 6) is -0.0362. The zero-order chi connectivity index (χ0) is 14.3. The second-order valence-corrected chi connectivity index (χ2v) is 5.59. The van der Waals surface area contributed by atoms with Gasteiger partial charge in [-0.1, -0.05) is 64.7 Å². The smallest absolute Gasteiger partial charge is 0.222 e. The summed E-state index contributed by atoms with van der Waals surface area (Å²) >= 11 is 0. The number of aliphatic hydroxyl groups is 1. The number of hydrogen-bond acceptors (Lipinski definition) is 2. The lowest BCUT2D eigenvalue weighted by Gasteiger charge is -2.06. The van der Waals surface area contributed by atoms with E-state index in [9.17, 15) is 4.79 Å². The lowest BCUT2D eigenvalue weighted by molar-refractivity contribution is -0.122. The van der Waals surface area contributed by atoms with E-state index in [1.54, 1.807) is 6.92 Å². The van der Waals surface area contributed by atoms with Crippen molar-refractivity contribution in [2.45, 2.75) is 90.6 Å². The van der Waals surface area contributed by atoms with Crippen LogP contribution in [0.2, 0.25) is 0 Å². The van der Waals surface area contributed by atoms with E-state index in [-0.39, 0.29) is 12.3 Å². The van der Waals surface area contributed by atoms with E-state index in [1.807, 2.05) is 0 Å². The summed E-state index contributed by atoms with van der Waals surface area (Å²) in [6.45, 7) is 4.64.